The molecule has 1 aliphatic carbocycles. The van der Waals surface area contributed by atoms with E-state index in [-0.39, 0.29) is 12.6 Å². The van der Waals surface area contributed by atoms with E-state index in [4.69, 9.17) is 5.26 Å². The van der Waals surface area contributed by atoms with Crippen molar-refractivity contribution in [3.05, 3.63) is 35.4 Å². The van der Waals surface area contributed by atoms with Crippen molar-refractivity contribution >= 4 is 0 Å². The van der Waals surface area contributed by atoms with E-state index in [9.17, 15) is 13.2 Å². The molecule has 0 saturated heterocycles. The number of hydrogen-bond donors (Lipinski definition) is 1. The number of rotatable bonds is 3. The molecule has 2 atom stereocenters. The number of alkyl halides is 3. The molecule has 19 heavy (non-hydrogen) atoms. The number of nitrogens with zero attached hydrogens (tertiary/aromatic N) is 1. The third-order valence-electron chi connectivity index (χ3n) is 3.51. The molecule has 1 aromatic rings. The Balaban J connectivity index is 1.91. The van der Waals surface area contributed by atoms with Crippen molar-refractivity contribution in [2.24, 2.45) is 5.92 Å². The van der Waals surface area contributed by atoms with Crippen LogP contribution in [-0.2, 0) is 12.8 Å². The van der Waals surface area contributed by atoms with Gasteiger partial charge in [0.2, 0.25) is 0 Å². The van der Waals surface area contributed by atoms with Crippen molar-refractivity contribution in [1.82, 2.24) is 5.32 Å². The summed E-state index contributed by atoms with van der Waals surface area (Å²) in [6.45, 7) is -0.327. The van der Waals surface area contributed by atoms with Crippen LogP contribution in [0.2, 0.25) is 0 Å². The van der Waals surface area contributed by atoms with E-state index < -0.39 is 12.1 Å². The Bertz CT molecular complexity index is 476. The minimum atomic E-state index is -4.45. The zero-order valence-corrected chi connectivity index (χ0v) is 10.4. The van der Waals surface area contributed by atoms with Crippen LogP contribution < -0.4 is 5.32 Å². The minimum Gasteiger partial charge on any atom is -0.312 e. The first-order chi connectivity index (χ1) is 9.00. The van der Waals surface area contributed by atoms with Gasteiger partial charge in [-0.3, -0.25) is 0 Å². The first-order valence-corrected chi connectivity index (χ1v) is 6.27. The fourth-order valence-electron chi connectivity index (χ4n) is 2.39. The van der Waals surface area contributed by atoms with E-state index >= 15 is 0 Å². The number of fused-ring (bicyclic) bond motifs is 1. The van der Waals surface area contributed by atoms with Gasteiger partial charge in [0.15, 0.2) is 5.92 Å². The second-order valence-corrected chi connectivity index (χ2v) is 4.84. The van der Waals surface area contributed by atoms with Crippen LogP contribution in [0.4, 0.5) is 13.2 Å². The molecule has 0 bridgehead atoms. The van der Waals surface area contributed by atoms with Crippen molar-refractivity contribution in [1.29, 1.82) is 5.26 Å². The summed E-state index contributed by atoms with van der Waals surface area (Å²) in [5.74, 6) is -1.93. The molecule has 0 aromatic heterocycles. The zero-order chi connectivity index (χ0) is 13.9. The first kappa shape index (κ1) is 13.9. The SMILES string of the molecule is N#CC(CNC1CCc2ccccc2C1)C(F)(F)F. The van der Waals surface area contributed by atoms with Gasteiger partial charge in [-0.15, -0.1) is 0 Å². The number of halogens is 3. The minimum absolute atomic E-state index is 0.0214. The summed E-state index contributed by atoms with van der Waals surface area (Å²) in [5, 5.41) is 11.4. The lowest BCUT2D eigenvalue weighted by Crippen LogP contribution is -2.40. The van der Waals surface area contributed by atoms with Gasteiger partial charge in [-0.2, -0.15) is 18.4 Å². The highest BCUT2D eigenvalue weighted by molar-refractivity contribution is 5.30. The van der Waals surface area contributed by atoms with Crippen LogP contribution in [0.3, 0.4) is 0 Å². The van der Waals surface area contributed by atoms with Crippen LogP contribution in [0, 0.1) is 17.2 Å². The van der Waals surface area contributed by atoms with Crippen molar-refractivity contribution in [2.75, 3.05) is 6.54 Å². The Morgan fingerprint density at radius 2 is 2.00 bits per heavy atom. The largest absolute Gasteiger partial charge is 0.405 e. The maximum absolute atomic E-state index is 12.5. The smallest absolute Gasteiger partial charge is 0.312 e. The fourth-order valence-corrected chi connectivity index (χ4v) is 2.39. The van der Waals surface area contributed by atoms with Crippen molar-refractivity contribution in [3.8, 4) is 6.07 Å². The maximum atomic E-state index is 12.5. The highest BCUT2D eigenvalue weighted by Crippen LogP contribution is 2.26. The number of aryl methyl sites for hydroxylation is 1. The molecule has 0 amide bonds. The second-order valence-electron chi connectivity index (χ2n) is 4.84. The van der Waals surface area contributed by atoms with Crippen LogP contribution in [0.15, 0.2) is 24.3 Å². The molecule has 0 heterocycles. The summed E-state index contributed by atoms with van der Waals surface area (Å²) in [6.07, 6.45) is -2.04. The molecule has 0 fully saturated rings. The third-order valence-corrected chi connectivity index (χ3v) is 3.51. The van der Waals surface area contributed by atoms with Crippen LogP contribution >= 0.6 is 0 Å². The van der Waals surface area contributed by atoms with E-state index in [0.29, 0.717) is 0 Å². The highest BCUT2D eigenvalue weighted by atomic mass is 19.4. The quantitative estimate of drug-likeness (QED) is 0.915. The van der Waals surface area contributed by atoms with Crippen LogP contribution in [0.25, 0.3) is 0 Å². The predicted molar refractivity (Wildman–Crippen MR) is 65.4 cm³/mol. The van der Waals surface area contributed by atoms with E-state index in [1.54, 1.807) is 0 Å². The monoisotopic (exact) mass is 268 g/mol. The van der Waals surface area contributed by atoms with Gasteiger partial charge >= 0.3 is 6.18 Å². The average Bonchev–Trinajstić information content (AvgIpc) is 2.37. The molecule has 0 saturated carbocycles. The van der Waals surface area contributed by atoms with Crippen LogP contribution in [0.1, 0.15) is 17.5 Å². The number of nitrogens with one attached hydrogen (secondary N) is 1. The van der Waals surface area contributed by atoms with Crippen LogP contribution in [0.5, 0.6) is 0 Å². The van der Waals surface area contributed by atoms with Gasteiger partial charge in [-0.25, -0.2) is 0 Å². The first-order valence-electron chi connectivity index (χ1n) is 6.27. The predicted octanol–water partition coefficient (Wildman–Crippen LogP) is 2.84. The Labute approximate surface area is 110 Å². The summed E-state index contributed by atoms with van der Waals surface area (Å²) in [6, 6.07) is 9.31. The summed E-state index contributed by atoms with van der Waals surface area (Å²) >= 11 is 0. The van der Waals surface area contributed by atoms with Crippen LogP contribution in [-0.4, -0.2) is 18.8 Å². The van der Waals surface area contributed by atoms with Crippen molar-refractivity contribution in [2.45, 2.75) is 31.5 Å². The Morgan fingerprint density at radius 3 is 2.63 bits per heavy atom. The summed E-state index contributed by atoms with van der Waals surface area (Å²) in [4.78, 5) is 0. The molecule has 5 heteroatoms. The Kier molecular flexibility index (Phi) is 4.11. The lowest BCUT2D eigenvalue weighted by Gasteiger charge is -2.26. The number of benzene rings is 1. The second kappa shape index (κ2) is 5.62. The van der Waals surface area contributed by atoms with Gasteiger partial charge in [0.1, 0.15) is 0 Å². The summed E-state index contributed by atoms with van der Waals surface area (Å²) < 4.78 is 37.4. The molecule has 0 aliphatic heterocycles. The van der Waals surface area contributed by atoms with E-state index in [1.807, 2.05) is 18.2 Å². The number of hydrogen-bond acceptors (Lipinski definition) is 2. The molecule has 0 radical (unpaired) electrons. The molecule has 2 rings (SSSR count). The molecule has 1 aromatic carbocycles. The average molecular weight is 268 g/mol. The molecule has 2 unspecified atom stereocenters. The number of nitriles is 1. The highest BCUT2D eigenvalue weighted by Gasteiger charge is 2.39. The molecule has 1 aliphatic rings. The van der Waals surface area contributed by atoms with E-state index in [2.05, 4.69) is 11.4 Å². The van der Waals surface area contributed by atoms with Gasteiger partial charge in [-0.05, 0) is 30.4 Å². The standard InChI is InChI=1S/C14H15F3N2/c15-14(16,17)12(8-18)9-19-13-6-5-10-3-1-2-4-11(10)7-13/h1-4,12-13,19H,5-7,9H2. The zero-order valence-electron chi connectivity index (χ0n) is 10.4. The van der Waals surface area contributed by atoms with Crippen molar-refractivity contribution in [3.63, 3.8) is 0 Å². The molecule has 1 N–H and O–H groups in total. The van der Waals surface area contributed by atoms with Crippen molar-refractivity contribution < 1.29 is 13.2 Å². The van der Waals surface area contributed by atoms with Gasteiger partial charge in [0.05, 0.1) is 6.07 Å². The van der Waals surface area contributed by atoms with E-state index in [0.717, 1.165) is 19.3 Å². The van der Waals surface area contributed by atoms with Gasteiger partial charge in [0.25, 0.3) is 0 Å². The Morgan fingerprint density at radius 1 is 1.32 bits per heavy atom. The molecular formula is C14H15F3N2. The fraction of sp³-hybridized carbons (Fsp3) is 0.500. The summed E-state index contributed by atoms with van der Waals surface area (Å²) in [5.41, 5.74) is 2.46. The lowest BCUT2D eigenvalue weighted by molar-refractivity contribution is -0.158. The Hall–Kier alpha value is -1.54. The topological polar surface area (TPSA) is 35.8 Å². The summed E-state index contributed by atoms with van der Waals surface area (Å²) in [7, 11) is 0. The molecule has 2 nitrogen and oxygen atoms in total. The van der Waals surface area contributed by atoms with Gasteiger partial charge < -0.3 is 5.32 Å². The third kappa shape index (κ3) is 3.48. The van der Waals surface area contributed by atoms with Gasteiger partial charge in [0, 0.05) is 12.6 Å². The van der Waals surface area contributed by atoms with E-state index in [1.165, 1.54) is 17.2 Å². The molecule has 102 valence electrons. The molecular weight excluding hydrogens is 253 g/mol. The van der Waals surface area contributed by atoms with Gasteiger partial charge in [-0.1, -0.05) is 24.3 Å². The molecule has 0 spiro atoms. The maximum Gasteiger partial charge on any atom is 0.405 e. The lowest BCUT2D eigenvalue weighted by atomic mass is 9.88. The normalized spacial score (nSPS) is 20.4.